The maximum absolute atomic E-state index is 10.9. The molecule has 2 N–H and O–H groups in total. The van der Waals surface area contributed by atoms with Gasteiger partial charge in [0.1, 0.15) is 5.75 Å². The fraction of sp³-hybridized carbons (Fsp3) is 0.455. The van der Waals surface area contributed by atoms with Crippen LogP contribution in [-0.4, -0.2) is 24.4 Å². The summed E-state index contributed by atoms with van der Waals surface area (Å²) in [7, 11) is 3.10. The fourth-order valence-electron chi connectivity index (χ4n) is 4.86. The number of hydrogen-bond donors (Lipinski definition) is 2. The average molecular weight is 354 g/mol. The Hall–Kier alpha value is -2.36. The van der Waals surface area contributed by atoms with Crippen LogP contribution >= 0.6 is 0 Å². The van der Waals surface area contributed by atoms with Crippen molar-refractivity contribution >= 4 is 0 Å². The van der Waals surface area contributed by atoms with Crippen LogP contribution in [0.15, 0.2) is 18.2 Å². The minimum absolute atomic E-state index is 0.125. The Morgan fingerprint density at radius 1 is 1.04 bits per heavy atom. The van der Waals surface area contributed by atoms with Crippen LogP contribution in [0.5, 0.6) is 23.0 Å². The summed E-state index contributed by atoms with van der Waals surface area (Å²) in [5, 5.41) is 21.7. The lowest BCUT2D eigenvalue weighted by molar-refractivity contribution is 0.329. The Morgan fingerprint density at radius 3 is 2.58 bits per heavy atom. The largest absolute Gasteiger partial charge is 0.507 e. The molecule has 0 heterocycles. The van der Waals surface area contributed by atoms with E-state index >= 15 is 0 Å². The highest BCUT2D eigenvalue weighted by Crippen LogP contribution is 2.53. The summed E-state index contributed by atoms with van der Waals surface area (Å²) in [6.45, 7) is 2.29. The predicted octanol–water partition coefficient (Wildman–Crippen LogP) is 4.78. The molecule has 2 atom stereocenters. The fourth-order valence-corrected chi connectivity index (χ4v) is 4.86. The van der Waals surface area contributed by atoms with Gasteiger partial charge < -0.3 is 19.7 Å². The van der Waals surface area contributed by atoms with Crippen LogP contribution in [0.3, 0.4) is 0 Å². The minimum Gasteiger partial charge on any atom is -0.507 e. The van der Waals surface area contributed by atoms with Gasteiger partial charge in [0.05, 0.1) is 14.2 Å². The molecular formula is C22H26O4. The van der Waals surface area contributed by atoms with Crippen LogP contribution in [0.1, 0.15) is 48.8 Å². The Balaban J connectivity index is 2.08. The van der Waals surface area contributed by atoms with Crippen LogP contribution in [-0.2, 0) is 12.8 Å². The first kappa shape index (κ1) is 17.1. The summed E-state index contributed by atoms with van der Waals surface area (Å²) in [5.41, 5.74) is 5.15. The van der Waals surface area contributed by atoms with Gasteiger partial charge in [-0.05, 0) is 72.8 Å². The molecule has 0 amide bonds. The van der Waals surface area contributed by atoms with Gasteiger partial charge in [-0.3, -0.25) is 0 Å². The zero-order chi connectivity index (χ0) is 18.4. The lowest BCUT2D eigenvalue weighted by Crippen LogP contribution is -2.20. The average Bonchev–Trinajstić information content (AvgIpc) is 2.64. The van der Waals surface area contributed by atoms with Crippen LogP contribution in [0.25, 0.3) is 11.1 Å². The third-order valence-electron chi connectivity index (χ3n) is 6.20. The molecule has 2 aliphatic carbocycles. The molecule has 0 aromatic heterocycles. The molecule has 0 aliphatic heterocycles. The van der Waals surface area contributed by atoms with Crippen LogP contribution in [0, 0.1) is 5.92 Å². The summed E-state index contributed by atoms with van der Waals surface area (Å²) in [6.07, 6.45) is 5.13. The summed E-state index contributed by atoms with van der Waals surface area (Å²) in [4.78, 5) is 0. The molecule has 4 nitrogen and oxygen atoms in total. The van der Waals surface area contributed by atoms with Crippen LogP contribution in [0.2, 0.25) is 0 Å². The van der Waals surface area contributed by atoms with E-state index in [2.05, 4.69) is 13.0 Å². The van der Waals surface area contributed by atoms with E-state index in [0.29, 0.717) is 23.3 Å². The number of rotatable bonds is 2. The Morgan fingerprint density at radius 2 is 1.85 bits per heavy atom. The van der Waals surface area contributed by atoms with Crippen molar-refractivity contribution in [3.63, 3.8) is 0 Å². The number of aromatic hydroxyl groups is 2. The van der Waals surface area contributed by atoms with Crippen molar-refractivity contribution in [3.8, 4) is 34.1 Å². The molecule has 4 rings (SSSR count). The number of methoxy groups -OCH3 is 2. The van der Waals surface area contributed by atoms with Gasteiger partial charge in [-0.1, -0.05) is 13.0 Å². The number of phenols is 2. The SMILES string of the molecule is COc1cc2c(c(O)c1OC)CCC(C)C1CCCc3ccc(O)c-2c31. The maximum Gasteiger partial charge on any atom is 0.203 e. The number of ether oxygens (including phenoxy) is 2. The summed E-state index contributed by atoms with van der Waals surface area (Å²) in [5.74, 6) is 2.19. The molecule has 2 aromatic carbocycles. The highest BCUT2D eigenvalue weighted by Gasteiger charge is 2.34. The van der Waals surface area contributed by atoms with Crippen molar-refractivity contribution in [2.75, 3.05) is 14.2 Å². The standard InChI is InChI=1S/C22H26O4/c1-12-7-9-15-16(11-18(25-2)22(26-3)21(15)24)20-17(23)10-8-13-5-4-6-14(12)19(13)20/h8,10-12,14,23-24H,4-7,9H2,1-3H3. The lowest BCUT2D eigenvalue weighted by atomic mass is 9.69. The third-order valence-corrected chi connectivity index (χ3v) is 6.20. The molecule has 0 spiro atoms. The van der Waals surface area contributed by atoms with Crippen molar-refractivity contribution in [2.24, 2.45) is 5.92 Å². The zero-order valence-corrected chi connectivity index (χ0v) is 15.6. The van der Waals surface area contributed by atoms with Gasteiger partial charge >= 0.3 is 0 Å². The number of benzene rings is 2. The van der Waals surface area contributed by atoms with E-state index in [4.69, 9.17) is 9.47 Å². The molecule has 4 heteroatoms. The monoisotopic (exact) mass is 354 g/mol. The smallest absolute Gasteiger partial charge is 0.203 e. The lowest BCUT2D eigenvalue weighted by Gasteiger charge is -2.35. The second kappa shape index (κ2) is 6.42. The van der Waals surface area contributed by atoms with Crippen LogP contribution < -0.4 is 9.47 Å². The molecule has 138 valence electrons. The minimum atomic E-state index is 0.125. The number of hydrogen-bond acceptors (Lipinski definition) is 4. The van der Waals surface area contributed by atoms with Crippen molar-refractivity contribution < 1.29 is 19.7 Å². The molecule has 0 radical (unpaired) electrons. The molecule has 0 fully saturated rings. The highest BCUT2D eigenvalue weighted by atomic mass is 16.5. The normalized spacial score (nSPS) is 21.2. The van der Waals surface area contributed by atoms with Gasteiger partial charge in [-0.2, -0.15) is 0 Å². The zero-order valence-electron chi connectivity index (χ0n) is 15.6. The van der Waals surface area contributed by atoms with E-state index in [-0.39, 0.29) is 11.5 Å². The first-order chi connectivity index (χ1) is 12.6. The molecule has 0 saturated carbocycles. The maximum atomic E-state index is 10.9. The molecule has 2 aliphatic rings. The number of fused-ring (bicyclic) bond motifs is 2. The Bertz CT molecular complexity index is 856. The number of aryl methyl sites for hydroxylation is 1. The topological polar surface area (TPSA) is 58.9 Å². The molecular weight excluding hydrogens is 328 g/mol. The summed E-state index contributed by atoms with van der Waals surface area (Å²) in [6, 6.07) is 5.76. The third kappa shape index (κ3) is 2.43. The first-order valence-electron chi connectivity index (χ1n) is 9.38. The van der Waals surface area contributed by atoms with E-state index in [0.717, 1.165) is 42.4 Å². The van der Waals surface area contributed by atoms with Gasteiger partial charge in [0.25, 0.3) is 0 Å². The second-order valence-electron chi connectivity index (χ2n) is 7.53. The van der Waals surface area contributed by atoms with Gasteiger partial charge in [-0.15, -0.1) is 0 Å². The van der Waals surface area contributed by atoms with E-state index in [1.54, 1.807) is 13.2 Å². The van der Waals surface area contributed by atoms with Crippen molar-refractivity contribution in [1.82, 2.24) is 0 Å². The molecule has 0 bridgehead atoms. The molecule has 0 saturated heterocycles. The quantitative estimate of drug-likeness (QED) is 0.814. The summed E-state index contributed by atoms with van der Waals surface area (Å²) < 4.78 is 10.9. The number of phenolic OH excluding ortho intramolecular Hbond substituents is 2. The van der Waals surface area contributed by atoms with E-state index in [1.165, 1.54) is 24.7 Å². The van der Waals surface area contributed by atoms with Gasteiger partial charge in [0, 0.05) is 11.1 Å². The van der Waals surface area contributed by atoms with E-state index < -0.39 is 0 Å². The van der Waals surface area contributed by atoms with Crippen molar-refractivity contribution in [2.45, 2.75) is 44.9 Å². The summed E-state index contributed by atoms with van der Waals surface area (Å²) >= 11 is 0. The van der Waals surface area contributed by atoms with Gasteiger partial charge in [0.2, 0.25) is 5.75 Å². The molecule has 2 aromatic rings. The Kier molecular flexibility index (Phi) is 4.22. The van der Waals surface area contributed by atoms with Gasteiger partial charge in [0.15, 0.2) is 11.5 Å². The predicted molar refractivity (Wildman–Crippen MR) is 101 cm³/mol. The second-order valence-corrected chi connectivity index (χ2v) is 7.53. The van der Waals surface area contributed by atoms with Gasteiger partial charge in [-0.25, -0.2) is 0 Å². The first-order valence-corrected chi connectivity index (χ1v) is 9.38. The van der Waals surface area contributed by atoms with Crippen LogP contribution in [0.4, 0.5) is 0 Å². The van der Waals surface area contributed by atoms with Crippen molar-refractivity contribution in [1.29, 1.82) is 0 Å². The Labute approximate surface area is 154 Å². The molecule has 2 unspecified atom stereocenters. The van der Waals surface area contributed by atoms with E-state index in [1.807, 2.05) is 6.07 Å². The highest BCUT2D eigenvalue weighted by molar-refractivity contribution is 5.83. The van der Waals surface area contributed by atoms with Crippen molar-refractivity contribution in [3.05, 3.63) is 34.9 Å². The van der Waals surface area contributed by atoms with E-state index in [9.17, 15) is 10.2 Å². The molecule has 26 heavy (non-hydrogen) atoms.